The number of nitrogens with one attached hydrogen (secondary N) is 1. The summed E-state index contributed by atoms with van der Waals surface area (Å²) in [4.78, 5) is 0.208. The van der Waals surface area contributed by atoms with E-state index in [1.807, 2.05) is 0 Å². The zero-order chi connectivity index (χ0) is 17.4. The van der Waals surface area contributed by atoms with Crippen molar-refractivity contribution in [3.8, 4) is 0 Å². The SMILES string of the molecule is Cc1noc(C)c1S(=O)(=O)N[C@H](C)c1ccc(S(C)(=O)=O)cc1. The summed E-state index contributed by atoms with van der Waals surface area (Å²) in [5.41, 5.74) is 0.933. The molecule has 0 aliphatic rings. The van der Waals surface area contributed by atoms with Crippen LogP contribution in [-0.4, -0.2) is 28.2 Å². The van der Waals surface area contributed by atoms with Gasteiger partial charge in [-0.25, -0.2) is 21.6 Å². The second-order valence-corrected chi connectivity index (χ2v) is 9.00. The molecule has 1 atom stereocenters. The minimum absolute atomic E-state index is 0.0251. The highest BCUT2D eigenvalue weighted by Gasteiger charge is 2.26. The lowest BCUT2D eigenvalue weighted by Gasteiger charge is -2.14. The maximum absolute atomic E-state index is 12.4. The number of hydrogen-bond acceptors (Lipinski definition) is 6. The molecule has 2 rings (SSSR count). The summed E-state index contributed by atoms with van der Waals surface area (Å²) in [6, 6.07) is 5.52. The largest absolute Gasteiger partial charge is 0.360 e. The van der Waals surface area contributed by atoms with Crippen LogP contribution < -0.4 is 4.72 Å². The quantitative estimate of drug-likeness (QED) is 0.872. The third-order valence-electron chi connectivity index (χ3n) is 3.38. The number of nitrogens with zero attached hydrogens (tertiary/aromatic N) is 1. The molecule has 0 amide bonds. The van der Waals surface area contributed by atoms with Gasteiger partial charge in [0.05, 0.1) is 4.90 Å². The van der Waals surface area contributed by atoms with Crippen LogP contribution in [0.1, 0.15) is 30.0 Å². The fraction of sp³-hybridized carbons (Fsp3) is 0.357. The van der Waals surface area contributed by atoms with Crippen LogP contribution in [0.2, 0.25) is 0 Å². The van der Waals surface area contributed by atoms with Crippen molar-refractivity contribution in [1.82, 2.24) is 9.88 Å². The van der Waals surface area contributed by atoms with E-state index in [2.05, 4.69) is 9.88 Å². The third kappa shape index (κ3) is 3.80. The molecule has 0 aliphatic heterocycles. The smallest absolute Gasteiger partial charge is 0.246 e. The highest BCUT2D eigenvalue weighted by molar-refractivity contribution is 7.90. The molecule has 1 heterocycles. The first-order valence-corrected chi connectivity index (χ1v) is 10.1. The molecule has 126 valence electrons. The van der Waals surface area contributed by atoms with E-state index in [0.717, 1.165) is 6.26 Å². The third-order valence-corrected chi connectivity index (χ3v) is 6.29. The van der Waals surface area contributed by atoms with Crippen molar-refractivity contribution in [1.29, 1.82) is 0 Å². The molecule has 0 saturated carbocycles. The van der Waals surface area contributed by atoms with Crippen molar-refractivity contribution >= 4 is 19.9 Å². The Bertz CT molecular complexity index is 893. The predicted molar refractivity (Wildman–Crippen MR) is 84.3 cm³/mol. The van der Waals surface area contributed by atoms with E-state index in [1.165, 1.54) is 19.1 Å². The average Bonchev–Trinajstić information content (AvgIpc) is 2.77. The van der Waals surface area contributed by atoms with E-state index < -0.39 is 25.9 Å². The van der Waals surface area contributed by atoms with Gasteiger partial charge >= 0.3 is 0 Å². The predicted octanol–water partition coefficient (Wildman–Crippen LogP) is 1.73. The fourth-order valence-electron chi connectivity index (χ4n) is 2.22. The molecule has 1 N–H and O–H groups in total. The summed E-state index contributed by atoms with van der Waals surface area (Å²) in [7, 11) is -7.08. The Morgan fingerprint density at radius 1 is 1.09 bits per heavy atom. The summed E-state index contributed by atoms with van der Waals surface area (Å²) in [5.74, 6) is 0.217. The Morgan fingerprint density at radius 3 is 2.09 bits per heavy atom. The van der Waals surface area contributed by atoms with Crippen LogP contribution in [0, 0.1) is 13.8 Å². The lowest BCUT2D eigenvalue weighted by Crippen LogP contribution is -2.27. The van der Waals surface area contributed by atoms with Crippen LogP contribution >= 0.6 is 0 Å². The van der Waals surface area contributed by atoms with Gasteiger partial charge in [-0.05, 0) is 38.5 Å². The lowest BCUT2D eigenvalue weighted by atomic mass is 10.1. The molecule has 23 heavy (non-hydrogen) atoms. The van der Waals surface area contributed by atoms with Crippen LogP contribution in [0.15, 0.2) is 38.6 Å². The Labute approximate surface area is 135 Å². The van der Waals surface area contributed by atoms with Crippen molar-refractivity contribution in [3.63, 3.8) is 0 Å². The van der Waals surface area contributed by atoms with Gasteiger partial charge in [0.15, 0.2) is 15.6 Å². The molecule has 0 saturated heterocycles. The summed E-state index contributed by atoms with van der Waals surface area (Å²) in [6.45, 7) is 4.75. The highest BCUT2D eigenvalue weighted by atomic mass is 32.2. The molecule has 2 aromatic rings. The van der Waals surface area contributed by atoms with Crippen molar-refractivity contribution in [2.75, 3.05) is 6.26 Å². The normalized spacial score (nSPS) is 13.9. The van der Waals surface area contributed by atoms with Gasteiger partial charge in [0.25, 0.3) is 0 Å². The number of sulfone groups is 1. The molecule has 1 aromatic heterocycles. The molecule has 0 fully saturated rings. The van der Waals surface area contributed by atoms with Gasteiger partial charge in [0, 0.05) is 12.3 Å². The summed E-state index contributed by atoms with van der Waals surface area (Å²) in [5, 5.41) is 3.64. The summed E-state index contributed by atoms with van der Waals surface area (Å²) >= 11 is 0. The molecular weight excluding hydrogens is 340 g/mol. The molecule has 0 radical (unpaired) electrons. The minimum Gasteiger partial charge on any atom is -0.360 e. The molecule has 0 bridgehead atoms. The van der Waals surface area contributed by atoms with E-state index in [0.29, 0.717) is 5.56 Å². The van der Waals surface area contributed by atoms with E-state index in [9.17, 15) is 16.8 Å². The van der Waals surface area contributed by atoms with E-state index in [1.54, 1.807) is 26.0 Å². The number of sulfonamides is 1. The Kier molecular flexibility index (Phi) is 4.65. The summed E-state index contributed by atoms with van der Waals surface area (Å²) < 4.78 is 55.2. The number of rotatable bonds is 5. The zero-order valence-corrected chi connectivity index (χ0v) is 14.8. The van der Waals surface area contributed by atoms with Crippen LogP contribution in [0.25, 0.3) is 0 Å². The van der Waals surface area contributed by atoms with Crippen LogP contribution in [0.5, 0.6) is 0 Å². The average molecular weight is 358 g/mol. The molecule has 0 spiro atoms. The first-order valence-electron chi connectivity index (χ1n) is 6.77. The first-order chi connectivity index (χ1) is 10.5. The van der Waals surface area contributed by atoms with Gasteiger partial charge in [-0.2, -0.15) is 0 Å². The zero-order valence-electron chi connectivity index (χ0n) is 13.2. The lowest BCUT2D eigenvalue weighted by molar-refractivity contribution is 0.390. The molecular formula is C14H18N2O5S2. The van der Waals surface area contributed by atoms with Gasteiger partial charge in [0.1, 0.15) is 10.6 Å². The fourth-order valence-corrected chi connectivity index (χ4v) is 4.41. The Morgan fingerprint density at radius 2 is 1.65 bits per heavy atom. The Balaban J connectivity index is 2.27. The van der Waals surface area contributed by atoms with Crippen molar-refractivity contribution in [2.24, 2.45) is 0 Å². The van der Waals surface area contributed by atoms with Gasteiger partial charge in [-0.3, -0.25) is 0 Å². The monoisotopic (exact) mass is 358 g/mol. The number of benzene rings is 1. The number of hydrogen-bond donors (Lipinski definition) is 1. The molecule has 1 aromatic carbocycles. The van der Waals surface area contributed by atoms with Crippen LogP contribution in [0.4, 0.5) is 0 Å². The van der Waals surface area contributed by atoms with Gasteiger partial charge < -0.3 is 4.52 Å². The summed E-state index contributed by atoms with van der Waals surface area (Å²) in [6.07, 6.45) is 1.12. The molecule has 7 nitrogen and oxygen atoms in total. The minimum atomic E-state index is -3.79. The van der Waals surface area contributed by atoms with E-state index in [4.69, 9.17) is 4.52 Å². The standard InChI is InChI=1S/C14H18N2O5S2/c1-9(12-5-7-13(8-6-12)22(4,17)18)16-23(19,20)14-10(2)15-21-11(14)3/h5-9,16H,1-4H3/t9-/m1/s1. The first kappa shape index (κ1) is 17.6. The van der Waals surface area contributed by atoms with Gasteiger partial charge in [-0.15, -0.1) is 0 Å². The maximum atomic E-state index is 12.4. The second-order valence-electron chi connectivity index (χ2n) is 5.34. The molecule has 0 unspecified atom stereocenters. The van der Waals surface area contributed by atoms with Crippen LogP contribution in [0.3, 0.4) is 0 Å². The molecule has 9 heteroatoms. The van der Waals surface area contributed by atoms with Crippen molar-refractivity contribution in [3.05, 3.63) is 41.3 Å². The topological polar surface area (TPSA) is 106 Å². The van der Waals surface area contributed by atoms with Gasteiger partial charge in [0.2, 0.25) is 10.0 Å². The van der Waals surface area contributed by atoms with Crippen molar-refractivity contribution < 1.29 is 21.4 Å². The highest BCUT2D eigenvalue weighted by Crippen LogP contribution is 2.22. The van der Waals surface area contributed by atoms with Crippen molar-refractivity contribution in [2.45, 2.75) is 36.6 Å². The Hall–Kier alpha value is -1.71. The van der Waals surface area contributed by atoms with E-state index in [-0.39, 0.29) is 21.2 Å². The van der Waals surface area contributed by atoms with E-state index >= 15 is 0 Å². The van der Waals surface area contributed by atoms with Crippen LogP contribution in [-0.2, 0) is 19.9 Å². The van der Waals surface area contributed by atoms with Gasteiger partial charge in [-0.1, -0.05) is 17.3 Å². The number of aromatic nitrogens is 1. The maximum Gasteiger partial charge on any atom is 0.246 e. The molecule has 0 aliphatic carbocycles. The number of aryl methyl sites for hydroxylation is 2. The second kappa shape index (κ2) is 6.06.